The van der Waals surface area contributed by atoms with Gasteiger partial charge in [0.2, 0.25) is 11.8 Å². The van der Waals surface area contributed by atoms with Crippen LogP contribution in [-0.4, -0.2) is 57.1 Å². The minimum atomic E-state index is -4.25. The second-order valence-electron chi connectivity index (χ2n) is 10.6. The lowest BCUT2D eigenvalue weighted by Crippen LogP contribution is -2.53. The maximum absolute atomic E-state index is 14.6. The van der Waals surface area contributed by atoms with Crippen molar-refractivity contribution in [2.75, 3.05) is 30.3 Å². The van der Waals surface area contributed by atoms with Crippen LogP contribution in [0.15, 0.2) is 113 Å². The number of para-hydroxylation sites is 2. The zero-order valence-corrected chi connectivity index (χ0v) is 28.3. The quantitative estimate of drug-likeness (QED) is 0.155. The van der Waals surface area contributed by atoms with E-state index in [-0.39, 0.29) is 29.5 Å². The highest BCUT2D eigenvalue weighted by atomic mass is 32.2. The molecule has 46 heavy (non-hydrogen) atoms. The summed E-state index contributed by atoms with van der Waals surface area (Å²) in [5.41, 5.74) is 2.92. The lowest BCUT2D eigenvalue weighted by atomic mass is 10.0. The van der Waals surface area contributed by atoms with Crippen molar-refractivity contribution in [3.8, 4) is 5.75 Å². The second kappa shape index (κ2) is 16.3. The van der Waals surface area contributed by atoms with Gasteiger partial charge in [-0.05, 0) is 80.1 Å². The number of nitrogens with zero attached hydrogens (tertiary/aromatic N) is 2. The number of amides is 2. The Balaban J connectivity index is 1.84. The number of anilines is 1. The van der Waals surface area contributed by atoms with E-state index >= 15 is 0 Å². The zero-order chi connectivity index (χ0) is 33.1. The van der Waals surface area contributed by atoms with E-state index in [1.165, 1.54) is 16.7 Å². The monoisotopic (exact) mass is 659 g/mol. The molecule has 0 aliphatic heterocycles. The molecule has 0 saturated carbocycles. The van der Waals surface area contributed by atoms with Gasteiger partial charge in [0.05, 0.1) is 17.2 Å². The number of hydrogen-bond donors (Lipinski definition) is 1. The van der Waals surface area contributed by atoms with Gasteiger partial charge < -0.3 is 15.0 Å². The third-order valence-electron chi connectivity index (χ3n) is 7.58. The molecule has 0 aromatic heterocycles. The molecule has 0 fully saturated rings. The fraction of sp³-hybridized carbons (Fsp3) is 0.278. The van der Waals surface area contributed by atoms with Crippen LogP contribution >= 0.6 is 11.8 Å². The van der Waals surface area contributed by atoms with E-state index in [4.69, 9.17) is 4.74 Å². The molecule has 10 heteroatoms. The van der Waals surface area contributed by atoms with Gasteiger partial charge in [-0.3, -0.25) is 13.9 Å². The van der Waals surface area contributed by atoms with Crippen molar-refractivity contribution in [3.63, 3.8) is 0 Å². The first-order valence-electron chi connectivity index (χ1n) is 15.2. The van der Waals surface area contributed by atoms with Crippen molar-refractivity contribution < 1.29 is 22.7 Å². The summed E-state index contributed by atoms with van der Waals surface area (Å²) >= 11 is 1.50. The third kappa shape index (κ3) is 8.50. The normalized spacial score (nSPS) is 11.8. The summed E-state index contributed by atoms with van der Waals surface area (Å²) in [7, 11) is -4.25. The molecule has 0 spiro atoms. The van der Waals surface area contributed by atoms with Crippen LogP contribution in [-0.2, 0) is 32.6 Å². The number of likely N-dealkylation sites (N-methyl/N-ethyl adjacent to an activating group) is 1. The van der Waals surface area contributed by atoms with E-state index < -0.39 is 28.5 Å². The molecule has 1 N–H and O–H groups in total. The highest BCUT2D eigenvalue weighted by Crippen LogP contribution is 2.33. The maximum Gasteiger partial charge on any atom is 0.264 e. The summed E-state index contributed by atoms with van der Waals surface area (Å²) in [5, 5.41) is 2.89. The van der Waals surface area contributed by atoms with Gasteiger partial charge in [0, 0.05) is 24.4 Å². The van der Waals surface area contributed by atoms with Crippen molar-refractivity contribution in [1.29, 1.82) is 0 Å². The third-order valence-corrected chi connectivity index (χ3v) is 10.1. The second-order valence-corrected chi connectivity index (χ2v) is 13.4. The minimum Gasteiger partial charge on any atom is -0.492 e. The largest absolute Gasteiger partial charge is 0.492 e. The predicted molar refractivity (Wildman–Crippen MR) is 185 cm³/mol. The Kier molecular flexibility index (Phi) is 12.3. The van der Waals surface area contributed by atoms with Crippen LogP contribution in [0, 0.1) is 6.92 Å². The van der Waals surface area contributed by atoms with E-state index in [2.05, 4.69) is 5.32 Å². The van der Waals surface area contributed by atoms with Crippen molar-refractivity contribution in [2.45, 2.75) is 49.6 Å². The van der Waals surface area contributed by atoms with Crippen LogP contribution in [0.25, 0.3) is 0 Å². The Hall–Kier alpha value is -4.28. The number of rotatable bonds is 15. The Morgan fingerprint density at radius 3 is 2.17 bits per heavy atom. The molecular weight excluding hydrogens is 619 g/mol. The fourth-order valence-corrected chi connectivity index (χ4v) is 6.98. The average Bonchev–Trinajstić information content (AvgIpc) is 3.07. The van der Waals surface area contributed by atoms with Crippen LogP contribution in [0.5, 0.6) is 5.75 Å². The number of benzene rings is 4. The van der Waals surface area contributed by atoms with Gasteiger partial charge in [0.25, 0.3) is 10.0 Å². The molecule has 0 saturated heterocycles. The SMILES string of the molecule is CCNC(=O)C(Cc1ccccc1)N(Cc1ccccc1C)C(=O)CN(c1ccccc1OCC)S(=O)(=O)c1ccc(SC)cc1. The fourth-order valence-electron chi connectivity index (χ4n) is 5.15. The number of ether oxygens (including phenoxy) is 1. The average molecular weight is 660 g/mol. The molecule has 0 aliphatic carbocycles. The van der Waals surface area contributed by atoms with Crippen LogP contribution in [0.1, 0.15) is 30.5 Å². The lowest BCUT2D eigenvalue weighted by molar-refractivity contribution is -0.140. The van der Waals surface area contributed by atoms with Gasteiger partial charge in [-0.25, -0.2) is 8.42 Å². The molecule has 4 rings (SSSR count). The topological polar surface area (TPSA) is 96.0 Å². The first-order chi connectivity index (χ1) is 22.2. The van der Waals surface area contributed by atoms with Crippen LogP contribution in [0.4, 0.5) is 5.69 Å². The van der Waals surface area contributed by atoms with E-state index in [0.29, 0.717) is 18.9 Å². The van der Waals surface area contributed by atoms with Crippen molar-refractivity contribution in [1.82, 2.24) is 10.2 Å². The first kappa shape index (κ1) is 34.6. The molecule has 4 aromatic rings. The number of sulfonamides is 1. The summed E-state index contributed by atoms with van der Waals surface area (Å²) < 4.78 is 35.7. The predicted octanol–water partition coefficient (Wildman–Crippen LogP) is 6.09. The number of hydrogen-bond acceptors (Lipinski definition) is 6. The molecular formula is C36H41N3O5S2. The lowest BCUT2D eigenvalue weighted by Gasteiger charge is -2.34. The number of thioether (sulfide) groups is 1. The Morgan fingerprint density at radius 1 is 0.870 bits per heavy atom. The highest BCUT2D eigenvalue weighted by molar-refractivity contribution is 7.98. The Labute approximate surface area is 276 Å². The van der Waals surface area contributed by atoms with Crippen LogP contribution in [0.2, 0.25) is 0 Å². The molecule has 242 valence electrons. The summed E-state index contributed by atoms with van der Waals surface area (Å²) in [5.74, 6) is -0.506. The van der Waals surface area contributed by atoms with Gasteiger partial charge in [0.1, 0.15) is 18.3 Å². The van der Waals surface area contributed by atoms with Crippen molar-refractivity contribution in [2.24, 2.45) is 0 Å². The highest BCUT2D eigenvalue weighted by Gasteiger charge is 2.35. The smallest absolute Gasteiger partial charge is 0.264 e. The van der Waals surface area contributed by atoms with Gasteiger partial charge >= 0.3 is 0 Å². The molecule has 8 nitrogen and oxygen atoms in total. The van der Waals surface area contributed by atoms with Crippen molar-refractivity contribution >= 4 is 39.3 Å². The Morgan fingerprint density at radius 2 is 1.52 bits per heavy atom. The number of carbonyl (C=O) groups excluding carboxylic acids is 2. The summed E-state index contributed by atoms with van der Waals surface area (Å²) in [4.78, 5) is 30.8. The summed E-state index contributed by atoms with van der Waals surface area (Å²) in [6, 6.07) is 29.6. The molecule has 0 bridgehead atoms. The van der Waals surface area contributed by atoms with Gasteiger partial charge in [-0.1, -0.05) is 66.7 Å². The van der Waals surface area contributed by atoms with Crippen molar-refractivity contribution in [3.05, 3.63) is 120 Å². The number of aryl methyl sites for hydroxylation is 1. The zero-order valence-electron chi connectivity index (χ0n) is 26.7. The van der Waals surface area contributed by atoms with E-state index in [0.717, 1.165) is 25.9 Å². The molecule has 1 atom stereocenters. The van der Waals surface area contributed by atoms with Gasteiger partial charge in [0.15, 0.2) is 0 Å². The van der Waals surface area contributed by atoms with E-state index in [1.807, 2.05) is 81.6 Å². The molecule has 1 unspecified atom stereocenters. The maximum atomic E-state index is 14.6. The Bertz CT molecular complexity index is 1710. The molecule has 2 amide bonds. The van der Waals surface area contributed by atoms with Crippen LogP contribution in [0.3, 0.4) is 0 Å². The van der Waals surface area contributed by atoms with Crippen LogP contribution < -0.4 is 14.4 Å². The first-order valence-corrected chi connectivity index (χ1v) is 17.9. The number of carbonyl (C=O) groups is 2. The standard InChI is InChI=1S/C36H41N3O5S2/c1-5-37-36(41)33(24-28-15-8-7-9-16-28)38(25-29-17-11-10-14-27(29)3)35(40)26-39(32-18-12-13-19-34(32)44-6-2)46(42,43)31-22-20-30(45-4)21-23-31/h7-23,33H,5-6,24-26H2,1-4H3,(H,37,41). The molecule has 0 radical (unpaired) electrons. The van der Waals surface area contributed by atoms with Gasteiger partial charge in [-0.2, -0.15) is 0 Å². The summed E-state index contributed by atoms with van der Waals surface area (Å²) in [6.45, 7) is 5.83. The minimum absolute atomic E-state index is 0.0411. The van der Waals surface area contributed by atoms with E-state index in [9.17, 15) is 18.0 Å². The molecule has 4 aromatic carbocycles. The number of nitrogens with one attached hydrogen (secondary N) is 1. The molecule has 0 heterocycles. The van der Waals surface area contributed by atoms with Gasteiger partial charge in [-0.15, -0.1) is 11.8 Å². The molecule has 0 aliphatic rings. The summed E-state index contributed by atoms with van der Waals surface area (Å²) in [6.07, 6.45) is 2.17. The van der Waals surface area contributed by atoms with E-state index in [1.54, 1.807) is 48.5 Å².